The lowest BCUT2D eigenvalue weighted by Crippen LogP contribution is -2.45. The van der Waals surface area contributed by atoms with E-state index in [2.05, 4.69) is 22.8 Å². The van der Waals surface area contributed by atoms with Crippen LogP contribution < -0.4 is 10.6 Å². The zero-order chi connectivity index (χ0) is 10.5. The highest BCUT2D eigenvalue weighted by Crippen LogP contribution is 2.17. The standard InChI is InChI=1S/C12H20N2O/c15-12(14-11-8-4-5-9-11)13-10-6-2-1-3-7-10/h1-2,10-11H,3-9H2,(H2,13,14,15). The molecule has 0 aromatic heterocycles. The molecule has 3 nitrogen and oxygen atoms in total. The van der Waals surface area contributed by atoms with Gasteiger partial charge < -0.3 is 10.6 Å². The molecule has 3 heteroatoms. The Bertz CT molecular complexity index is 244. The van der Waals surface area contributed by atoms with Gasteiger partial charge in [0.05, 0.1) is 0 Å². The minimum atomic E-state index is 0.0298. The van der Waals surface area contributed by atoms with Gasteiger partial charge in [-0.05, 0) is 32.1 Å². The van der Waals surface area contributed by atoms with Crippen molar-refractivity contribution in [2.24, 2.45) is 0 Å². The monoisotopic (exact) mass is 208 g/mol. The minimum Gasteiger partial charge on any atom is -0.335 e. The Morgan fingerprint density at radius 2 is 1.73 bits per heavy atom. The van der Waals surface area contributed by atoms with Crippen LogP contribution in [0, 0.1) is 0 Å². The molecule has 0 bridgehead atoms. The van der Waals surface area contributed by atoms with E-state index < -0.39 is 0 Å². The summed E-state index contributed by atoms with van der Waals surface area (Å²) in [5.74, 6) is 0. The van der Waals surface area contributed by atoms with Crippen LogP contribution in [0.1, 0.15) is 44.9 Å². The number of urea groups is 1. The Morgan fingerprint density at radius 3 is 2.40 bits per heavy atom. The summed E-state index contributed by atoms with van der Waals surface area (Å²) in [5, 5.41) is 6.10. The minimum absolute atomic E-state index is 0.0298. The maximum Gasteiger partial charge on any atom is 0.315 e. The first kappa shape index (κ1) is 10.5. The highest BCUT2D eigenvalue weighted by molar-refractivity contribution is 5.74. The Morgan fingerprint density at radius 1 is 1.00 bits per heavy atom. The summed E-state index contributed by atoms with van der Waals surface area (Å²) in [6.07, 6.45) is 12.3. The molecule has 0 aromatic carbocycles. The van der Waals surface area contributed by atoms with Gasteiger partial charge >= 0.3 is 6.03 Å². The van der Waals surface area contributed by atoms with Crippen molar-refractivity contribution in [3.05, 3.63) is 12.2 Å². The fourth-order valence-electron chi connectivity index (χ4n) is 2.41. The highest BCUT2D eigenvalue weighted by Gasteiger charge is 2.18. The SMILES string of the molecule is O=C(NC1CC=CCC1)NC1CCCC1. The summed E-state index contributed by atoms with van der Waals surface area (Å²) in [6, 6.07) is 0.794. The zero-order valence-electron chi connectivity index (χ0n) is 9.17. The summed E-state index contributed by atoms with van der Waals surface area (Å²) in [4.78, 5) is 11.6. The van der Waals surface area contributed by atoms with Crippen LogP contribution in [0.5, 0.6) is 0 Å². The fourth-order valence-corrected chi connectivity index (χ4v) is 2.41. The molecule has 0 aromatic rings. The van der Waals surface area contributed by atoms with Crippen LogP contribution in [-0.4, -0.2) is 18.1 Å². The predicted octanol–water partition coefficient (Wildman–Crippen LogP) is 2.34. The van der Waals surface area contributed by atoms with Crippen LogP contribution >= 0.6 is 0 Å². The van der Waals surface area contributed by atoms with Crippen LogP contribution in [0.4, 0.5) is 4.79 Å². The van der Waals surface area contributed by atoms with Gasteiger partial charge in [0, 0.05) is 12.1 Å². The van der Waals surface area contributed by atoms with Gasteiger partial charge in [-0.15, -0.1) is 0 Å². The maximum atomic E-state index is 11.6. The van der Waals surface area contributed by atoms with E-state index in [9.17, 15) is 4.79 Å². The largest absolute Gasteiger partial charge is 0.335 e. The van der Waals surface area contributed by atoms with Crippen LogP contribution in [0.3, 0.4) is 0 Å². The Hall–Kier alpha value is -0.990. The van der Waals surface area contributed by atoms with Crippen molar-refractivity contribution in [1.82, 2.24) is 10.6 Å². The average Bonchev–Trinajstić information content (AvgIpc) is 2.71. The van der Waals surface area contributed by atoms with E-state index in [-0.39, 0.29) is 6.03 Å². The second kappa shape index (κ2) is 5.19. The summed E-state index contributed by atoms with van der Waals surface area (Å²) in [5.41, 5.74) is 0. The van der Waals surface area contributed by atoms with E-state index >= 15 is 0 Å². The molecular formula is C12H20N2O. The van der Waals surface area contributed by atoms with Crippen molar-refractivity contribution in [1.29, 1.82) is 0 Å². The molecular weight excluding hydrogens is 188 g/mol. The molecule has 2 rings (SSSR count). The van der Waals surface area contributed by atoms with Gasteiger partial charge in [-0.25, -0.2) is 4.79 Å². The van der Waals surface area contributed by atoms with Crippen molar-refractivity contribution < 1.29 is 4.79 Å². The van der Waals surface area contributed by atoms with E-state index in [1.54, 1.807) is 0 Å². The second-order valence-corrected chi connectivity index (χ2v) is 4.58. The molecule has 0 heterocycles. The summed E-state index contributed by atoms with van der Waals surface area (Å²) in [6.45, 7) is 0. The van der Waals surface area contributed by atoms with E-state index in [1.807, 2.05) is 0 Å². The van der Waals surface area contributed by atoms with Crippen molar-refractivity contribution >= 4 is 6.03 Å². The third-order valence-corrected chi connectivity index (χ3v) is 3.29. The topological polar surface area (TPSA) is 41.1 Å². The van der Waals surface area contributed by atoms with Gasteiger partial charge in [-0.3, -0.25) is 0 Å². The molecule has 0 spiro atoms. The molecule has 0 saturated heterocycles. The number of nitrogens with one attached hydrogen (secondary N) is 2. The second-order valence-electron chi connectivity index (χ2n) is 4.58. The summed E-state index contributed by atoms with van der Waals surface area (Å²) >= 11 is 0. The van der Waals surface area contributed by atoms with Crippen LogP contribution in [0.2, 0.25) is 0 Å². The highest BCUT2D eigenvalue weighted by atomic mass is 16.2. The van der Waals surface area contributed by atoms with Gasteiger partial charge in [-0.1, -0.05) is 25.0 Å². The van der Waals surface area contributed by atoms with E-state index in [1.165, 1.54) is 12.8 Å². The Labute approximate surface area is 91.3 Å². The molecule has 84 valence electrons. The van der Waals surface area contributed by atoms with Crippen LogP contribution in [0.25, 0.3) is 0 Å². The summed E-state index contributed by atoms with van der Waals surface area (Å²) < 4.78 is 0. The molecule has 2 amide bonds. The van der Waals surface area contributed by atoms with Crippen molar-refractivity contribution in [2.45, 2.75) is 57.0 Å². The Balaban J connectivity index is 1.69. The number of amides is 2. The maximum absolute atomic E-state index is 11.6. The molecule has 0 aliphatic heterocycles. The molecule has 1 saturated carbocycles. The first-order chi connectivity index (χ1) is 7.34. The lowest BCUT2D eigenvalue weighted by molar-refractivity contribution is 0.232. The van der Waals surface area contributed by atoms with Gasteiger partial charge in [0.15, 0.2) is 0 Å². The quantitative estimate of drug-likeness (QED) is 0.672. The molecule has 0 radical (unpaired) electrons. The molecule has 2 N–H and O–H groups in total. The number of carbonyl (C=O) groups is 1. The van der Waals surface area contributed by atoms with Crippen LogP contribution in [0.15, 0.2) is 12.2 Å². The first-order valence-corrected chi connectivity index (χ1v) is 6.06. The normalized spacial score (nSPS) is 26.5. The van der Waals surface area contributed by atoms with Crippen LogP contribution in [-0.2, 0) is 0 Å². The molecule has 1 atom stereocenters. The third kappa shape index (κ3) is 3.26. The number of hydrogen-bond acceptors (Lipinski definition) is 1. The van der Waals surface area contributed by atoms with E-state index in [0.29, 0.717) is 12.1 Å². The number of allylic oxidation sites excluding steroid dienone is 1. The molecule has 2 aliphatic carbocycles. The summed E-state index contributed by atoms with van der Waals surface area (Å²) in [7, 11) is 0. The number of rotatable bonds is 2. The first-order valence-electron chi connectivity index (χ1n) is 6.06. The zero-order valence-corrected chi connectivity index (χ0v) is 9.17. The van der Waals surface area contributed by atoms with Gasteiger partial charge in [0.1, 0.15) is 0 Å². The predicted molar refractivity (Wildman–Crippen MR) is 60.7 cm³/mol. The molecule has 2 aliphatic rings. The van der Waals surface area contributed by atoms with Gasteiger partial charge in [0.2, 0.25) is 0 Å². The van der Waals surface area contributed by atoms with E-state index in [0.717, 1.165) is 32.1 Å². The average molecular weight is 208 g/mol. The smallest absolute Gasteiger partial charge is 0.315 e. The molecule has 15 heavy (non-hydrogen) atoms. The van der Waals surface area contributed by atoms with Crippen molar-refractivity contribution in [3.8, 4) is 0 Å². The van der Waals surface area contributed by atoms with Gasteiger partial charge in [0.25, 0.3) is 0 Å². The molecule has 1 fully saturated rings. The molecule has 1 unspecified atom stereocenters. The lowest BCUT2D eigenvalue weighted by Gasteiger charge is -2.21. The Kier molecular flexibility index (Phi) is 3.64. The fraction of sp³-hybridized carbons (Fsp3) is 0.750. The lowest BCUT2D eigenvalue weighted by atomic mass is 10.0. The van der Waals surface area contributed by atoms with E-state index in [4.69, 9.17) is 0 Å². The van der Waals surface area contributed by atoms with Crippen molar-refractivity contribution in [2.75, 3.05) is 0 Å². The number of hydrogen-bond donors (Lipinski definition) is 2. The number of carbonyl (C=O) groups excluding carboxylic acids is 1. The van der Waals surface area contributed by atoms with Gasteiger partial charge in [-0.2, -0.15) is 0 Å². The third-order valence-electron chi connectivity index (χ3n) is 3.29. The van der Waals surface area contributed by atoms with Crippen molar-refractivity contribution in [3.63, 3.8) is 0 Å².